The summed E-state index contributed by atoms with van der Waals surface area (Å²) in [6.45, 7) is 1.04. The van der Waals surface area contributed by atoms with Gasteiger partial charge in [-0.3, -0.25) is 0 Å². The van der Waals surface area contributed by atoms with E-state index in [1.807, 2.05) is 0 Å². The van der Waals surface area contributed by atoms with E-state index in [0.29, 0.717) is 13.1 Å². The zero-order valence-electron chi connectivity index (χ0n) is 11.0. The molecule has 5 nitrogen and oxygen atoms in total. The number of piperidine rings is 1. The topological polar surface area (TPSA) is 75.4 Å². The van der Waals surface area contributed by atoms with Crippen molar-refractivity contribution in [3.8, 4) is 0 Å². The molecule has 0 amide bonds. The molecule has 0 radical (unpaired) electrons. The Labute approximate surface area is 110 Å². The third-order valence-corrected chi connectivity index (χ3v) is 5.80. The maximum Gasteiger partial charge on any atom is 0.279 e. The van der Waals surface area contributed by atoms with Crippen molar-refractivity contribution in [2.45, 2.75) is 63.5 Å². The maximum atomic E-state index is 12.4. The molecule has 1 heterocycles. The lowest BCUT2D eigenvalue weighted by Gasteiger charge is -2.35. The number of nitrogens with zero attached hydrogens (tertiary/aromatic N) is 1. The van der Waals surface area contributed by atoms with Gasteiger partial charge in [-0.2, -0.15) is 17.4 Å². The highest BCUT2D eigenvalue weighted by Crippen LogP contribution is 2.22. The van der Waals surface area contributed by atoms with Gasteiger partial charge in [-0.15, -0.1) is 0 Å². The van der Waals surface area contributed by atoms with Crippen LogP contribution in [0.1, 0.15) is 51.4 Å². The second-order valence-electron chi connectivity index (χ2n) is 5.45. The molecule has 3 N–H and O–H groups in total. The van der Waals surface area contributed by atoms with Crippen LogP contribution in [0.5, 0.6) is 0 Å². The lowest BCUT2D eigenvalue weighted by atomic mass is 9.96. The lowest BCUT2D eigenvalue weighted by Crippen LogP contribution is -2.53. The van der Waals surface area contributed by atoms with Crippen LogP contribution in [0, 0.1) is 0 Å². The van der Waals surface area contributed by atoms with Crippen molar-refractivity contribution in [1.29, 1.82) is 0 Å². The SMILES string of the molecule is NCC1CCCCN1S(=O)(=O)NC1CCCCC1. The van der Waals surface area contributed by atoms with Crippen LogP contribution in [0.25, 0.3) is 0 Å². The average molecular weight is 275 g/mol. The molecule has 0 aromatic rings. The van der Waals surface area contributed by atoms with E-state index in [-0.39, 0.29) is 12.1 Å². The Morgan fingerprint density at radius 1 is 1.06 bits per heavy atom. The summed E-state index contributed by atoms with van der Waals surface area (Å²) in [6, 6.07) is 0.115. The third kappa shape index (κ3) is 3.44. The Balaban J connectivity index is 1.99. The van der Waals surface area contributed by atoms with Gasteiger partial charge in [-0.1, -0.05) is 25.7 Å². The van der Waals surface area contributed by atoms with Crippen molar-refractivity contribution >= 4 is 10.2 Å². The fourth-order valence-corrected chi connectivity index (χ4v) is 4.77. The molecule has 1 atom stereocenters. The fraction of sp³-hybridized carbons (Fsp3) is 1.00. The van der Waals surface area contributed by atoms with Crippen molar-refractivity contribution in [2.75, 3.05) is 13.1 Å². The average Bonchev–Trinajstić information content (AvgIpc) is 2.39. The Bertz CT molecular complexity index is 352. The minimum atomic E-state index is -3.34. The highest BCUT2D eigenvalue weighted by Gasteiger charge is 2.33. The normalized spacial score (nSPS) is 28.4. The minimum Gasteiger partial charge on any atom is -0.329 e. The van der Waals surface area contributed by atoms with Gasteiger partial charge in [0.05, 0.1) is 0 Å². The number of nitrogens with two attached hydrogens (primary N) is 1. The second-order valence-corrected chi connectivity index (χ2v) is 7.11. The van der Waals surface area contributed by atoms with E-state index in [4.69, 9.17) is 5.73 Å². The molecule has 0 bridgehead atoms. The first-order valence-electron chi connectivity index (χ1n) is 7.12. The fourth-order valence-electron chi connectivity index (χ4n) is 3.02. The first kappa shape index (κ1) is 14.2. The molecular weight excluding hydrogens is 250 g/mol. The van der Waals surface area contributed by atoms with E-state index in [1.54, 1.807) is 4.31 Å². The summed E-state index contributed by atoms with van der Waals surface area (Å²) >= 11 is 0. The molecule has 1 aliphatic carbocycles. The summed E-state index contributed by atoms with van der Waals surface area (Å²) in [5.41, 5.74) is 5.69. The van der Waals surface area contributed by atoms with Crippen molar-refractivity contribution in [3.63, 3.8) is 0 Å². The first-order valence-corrected chi connectivity index (χ1v) is 8.56. The molecule has 0 spiro atoms. The highest BCUT2D eigenvalue weighted by atomic mass is 32.2. The van der Waals surface area contributed by atoms with Gasteiger partial charge in [-0.05, 0) is 25.7 Å². The lowest BCUT2D eigenvalue weighted by molar-refractivity contribution is 0.251. The van der Waals surface area contributed by atoms with Gasteiger partial charge in [0.2, 0.25) is 0 Å². The standard InChI is InChI=1S/C12H25N3O2S/c13-10-12-8-4-5-9-15(12)18(16,17)14-11-6-2-1-3-7-11/h11-12,14H,1-10,13H2. The van der Waals surface area contributed by atoms with Crippen LogP contribution in [0.2, 0.25) is 0 Å². The zero-order chi connectivity index (χ0) is 13.0. The van der Waals surface area contributed by atoms with Crippen LogP contribution in [0.4, 0.5) is 0 Å². The van der Waals surface area contributed by atoms with Crippen molar-refractivity contribution < 1.29 is 8.42 Å². The van der Waals surface area contributed by atoms with Crippen LogP contribution >= 0.6 is 0 Å². The molecule has 0 aromatic carbocycles. The summed E-state index contributed by atoms with van der Waals surface area (Å²) in [5, 5.41) is 0. The molecule has 18 heavy (non-hydrogen) atoms. The van der Waals surface area contributed by atoms with Gasteiger partial charge in [0.25, 0.3) is 10.2 Å². The van der Waals surface area contributed by atoms with E-state index >= 15 is 0 Å². The van der Waals surface area contributed by atoms with E-state index in [9.17, 15) is 8.42 Å². The second kappa shape index (κ2) is 6.32. The quantitative estimate of drug-likeness (QED) is 0.802. The predicted molar refractivity (Wildman–Crippen MR) is 72.3 cm³/mol. The largest absolute Gasteiger partial charge is 0.329 e. The number of hydrogen-bond acceptors (Lipinski definition) is 3. The van der Waals surface area contributed by atoms with Gasteiger partial charge in [0.15, 0.2) is 0 Å². The van der Waals surface area contributed by atoms with Gasteiger partial charge in [0, 0.05) is 25.2 Å². The third-order valence-electron chi connectivity index (χ3n) is 4.07. The Morgan fingerprint density at radius 2 is 1.72 bits per heavy atom. The summed E-state index contributed by atoms with van der Waals surface area (Å²) in [7, 11) is -3.34. The van der Waals surface area contributed by atoms with E-state index in [2.05, 4.69) is 4.72 Å². The molecule has 2 aliphatic rings. The Kier molecular flexibility index (Phi) is 5.00. The number of nitrogens with one attached hydrogen (secondary N) is 1. The van der Waals surface area contributed by atoms with Crippen molar-refractivity contribution in [1.82, 2.24) is 9.03 Å². The van der Waals surface area contributed by atoms with E-state index in [0.717, 1.165) is 44.9 Å². The minimum absolute atomic E-state index is 0.0140. The molecule has 6 heteroatoms. The van der Waals surface area contributed by atoms with Gasteiger partial charge in [0.1, 0.15) is 0 Å². The number of hydrogen-bond donors (Lipinski definition) is 2. The summed E-state index contributed by atoms with van der Waals surface area (Å²) < 4.78 is 29.2. The predicted octanol–water partition coefficient (Wildman–Crippen LogP) is 0.967. The van der Waals surface area contributed by atoms with Crippen LogP contribution in [-0.2, 0) is 10.2 Å². The van der Waals surface area contributed by atoms with Gasteiger partial charge in [-0.25, -0.2) is 0 Å². The zero-order valence-corrected chi connectivity index (χ0v) is 11.8. The highest BCUT2D eigenvalue weighted by molar-refractivity contribution is 7.87. The number of rotatable bonds is 4. The maximum absolute atomic E-state index is 12.4. The van der Waals surface area contributed by atoms with E-state index < -0.39 is 10.2 Å². The summed E-state index contributed by atoms with van der Waals surface area (Å²) in [6.07, 6.45) is 8.36. The van der Waals surface area contributed by atoms with Crippen molar-refractivity contribution in [3.05, 3.63) is 0 Å². The molecule has 2 fully saturated rings. The smallest absolute Gasteiger partial charge is 0.279 e. The molecular formula is C12H25N3O2S. The molecule has 106 valence electrons. The summed E-state index contributed by atoms with van der Waals surface area (Å²) in [5.74, 6) is 0. The van der Waals surface area contributed by atoms with Gasteiger partial charge < -0.3 is 5.73 Å². The molecule has 1 unspecified atom stereocenters. The molecule has 1 saturated carbocycles. The van der Waals surface area contributed by atoms with Crippen LogP contribution in [0.3, 0.4) is 0 Å². The van der Waals surface area contributed by atoms with Crippen LogP contribution in [-0.4, -0.2) is 37.9 Å². The summed E-state index contributed by atoms with van der Waals surface area (Å²) in [4.78, 5) is 0. The molecule has 2 rings (SSSR count). The molecule has 1 aliphatic heterocycles. The first-order chi connectivity index (χ1) is 8.63. The Hall–Kier alpha value is -0.170. The molecule has 1 saturated heterocycles. The van der Waals surface area contributed by atoms with Crippen LogP contribution < -0.4 is 10.5 Å². The van der Waals surface area contributed by atoms with Gasteiger partial charge >= 0.3 is 0 Å². The van der Waals surface area contributed by atoms with Crippen LogP contribution in [0.15, 0.2) is 0 Å². The van der Waals surface area contributed by atoms with Crippen molar-refractivity contribution in [2.24, 2.45) is 5.73 Å². The molecule has 0 aromatic heterocycles. The monoisotopic (exact) mass is 275 g/mol. The Morgan fingerprint density at radius 3 is 2.39 bits per heavy atom. The van der Waals surface area contributed by atoms with E-state index in [1.165, 1.54) is 6.42 Å².